The lowest BCUT2D eigenvalue weighted by Crippen LogP contribution is -2.42. The number of hydrogen-bond donors (Lipinski definition) is 1. The highest BCUT2D eigenvalue weighted by atomic mass is 35.5. The number of nitrogens with one attached hydrogen (secondary N) is 1. The van der Waals surface area contributed by atoms with Crippen LogP contribution < -0.4 is 5.32 Å². The molecule has 0 fully saturated rings. The van der Waals surface area contributed by atoms with E-state index >= 15 is 0 Å². The van der Waals surface area contributed by atoms with Gasteiger partial charge in [0, 0.05) is 18.6 Å². The van der Waals surface area contributed by atoms with E-state index in [-0.39, 0.29) is 5.54 Å². The highest BCUT2D eigenvalue weighted by molar-refractivity contribution is 6.31. The molecule has 0 spiro atoms. The molecule has 1 N–H and O–H groups in total. The maximum Gasteiger partial charge on any atom is 0.0863 e. The van der Waals surface area contributed by atoms with Gasteiger partial charge in [-0.05, 0) is 39.0 Å². The van der Waals surface area contributed by atoms with Crippen LogP contribution in [0.5, 0.6) is 0 Å². The van der Waals surface area contributed by atoms with Crippen molar-refractivity contribution in [1.82, 2.24) is 15.1 Å². The molecule has 116 valence electrons. The highest BCUT2D eigenvalue weighted by Crippen LogP contribution is 2.28. The SMILES string of the molecule is CCc1nn(CC)c(CNC(C)(C)CC(C)(C)C)c1Cl. The fraction of sp³-hybridized carbons (Fsp3) is 0.812. The van der Waals surface area contributed by atoms with Gasteiger partial charge in [-0.15, -0.1) is 0 Å². The maximum absolute atomic E-state index is 6.45. The summed E-state index contributed by atoms with van der Waals surface area (Å²) in [5.74, 6) is 0. The molecule has 1 heterocycles. The minimum Gasteiger partial charge on any atom is -0.306 e. The first-order chi connectivity index (χ1) is 9.09. The fourth-order valence-corrected chi connectivity index (χ4v) is 3.23. The molecule has 0 amide bonds. The molecule has 0 bridgehead atoms. The van der Waals surface area contributed by atoms with Crippen molar-refractivity contribution in [2.45, 2.75) is 79.9 Å². The van der Waals surface area contributed by atoms with E-state index in [9.17, 15) is 0 Å². The summed E-state index contributed by atoms with van der Waals surface area (Å²) in [5, 5.41) is 9.03. The topological polar surface area (TPSA) is 29.9 Å². The van der Waals surface area contributed by atoms with Crippen molar-refractivity contribution in [3.8, 4) is 0 Å². The van der Waals surface area contributed by atoms with Gasteiger partial charge in [0.15, 0.2) is 0 Å². The van der Waals surface area contributed by atoms with Gasteiger partial charge in [0.1, 0.15) is 0 Å². The minimum absolute atomic E-state index is 0.0802. The van der Waals surface area contributed by atoms with Crippen molar-refractivity contribution in [2.75, 3.05) is 0 Å². The second kappa shape index (κ2) is 6.48. The summed E-state index contributed by atoms with van der Waals surface area (Å²) in [4.78, 5) is 0. The summed E-state index contributed by atoms with van der Waals surface area (Å²) in [6.45, 7) is 17.1. The number of aromatic nitrogens is 2. The summed E-state index contributed by atoms with van der Waals surface area (Å²) in [6, 6.07) is 0. The van der Waals surface area contributed by atoms with Crippen LogP contribution in [0.3, 0.4) is 0 Å². The van der Waals surface area contributed by atoms with E-state index in [1.807, 2.05) is 4.68 Å². The zero-order valence-corrected chi connectivity index (χ0v) is 14.9. The molecule has 1 aromatic rings. The molecule has 0 aliphatic rings. The molecule has 20 heavy (non-hydrogen) atoms. The normalized spacial score (nSPS) is 13.0. The molecule has 0 saturated carbocycles. The molecule has 1 aromatic heterocycles. The Morgan fingerprint density at radius 1 is 1.15 bits per heavy atom. The van der Waals surface area contributed by atoms with E-state index < -0.39 is 0 Å². The van der Waals surface area contributed by atoms with Gasteiger partial charge in [0.05, 0.1) is 16.4 Å². The van der Waals surface area contributed by atoms with Crippen LogP contribution in [0.4, 0.5) is 0 Å². The number of halogens is 1. The molecular formula is C16H30ClN3. The third-order valence-corrected chi connectivity index (χ3v) is 3.84. The first-order valence-electron chi connectivity index (χ1n) is 7.58. The lowest BCUT2D eigenvalue weighted by atomic mass is 9.82. The second-order valence-corrected chi connectivity index (χ2v) is 7.73. The van der Waals surface area contributed by atoms with E-state index in [0.29, 0.717) is 5.41 Å². The Bertz CT molecular complexity index is 441. The Kier molecular flexibility index (Phi) is 5.68. The molecule has 0 aliphatic heterocycles. The van der Waals surface area contributed by atoms with E-state index in [1.54, 1.807) is 0 Å². The number of rotatable bonds is 6. The van der Waals surface area contributed by atoms with Gasteiger partial charge < -0.3 is 5.32 Å². The third-order valence-electron chi connectivity index (χ3n) is 3.40. The second-order valence-electron chi connectivity index (χ2n) is 7.35. The predicted molar refractivity (Wildman–Crippen MR) is 87.3 cm³/mol. The Morgan fingerprint density at radius 2 is 1.75 bits per heavy atom. The summed E-state index contributed by atoms with van der Waals surface area (Å²) in [5.41, 5.74) is 2.49. The summed E-state index contributed by atoms with van der Waals surface area (Å²) in [7, 11) is 0. The number of aryl methyl sites for hydroxylation is 2. The van der Waals surface area contributed by atoms with Crippen LogP contribution in [0, 0.1) is 5.41 Å². The van der Waals surface area contributed by atoms with E-state index in [2.05, 4.69) is 58.9 Å². The molecule has 0 atom stereocenters. The zero-order chi connectivity index (χ0) is 15.6. The van der Waals surface area contributed by atoms with Crippen LogP contribution >= 0.6 is 11.6 Å². The summed E-state index contributed by atoms with van der Waals surface area (Å²) < 4.78 is 2.02. The lowest BCUT2D eigenvalue weighted by Gasteiger charge is -2.33. The van der Waals surface area contributed by atoms with Crippen molar-refractivity contribution in [2.24, 2.45) is 5.41 Å². The standard InChI is InChI=1S/C16H30ClN3/c1-8-12-14(17)13(20(9-2)19-12)10-18-16(6,7)11-15(3,4)5/h18H,8-11H2,1-7H3. The average molecular weight is 300 g/mol. The van der Waals surface area contributed by atoms with Gasteiger partial charge in [-0.1, -0.05) is 39.3 Å². The quantitative estimate of drug-likeness (QED) is 0.842. The molecule has 3 nitrogen and oxygen atoms in total. The minimum atomic E-state index is 0.0802. The Labute approximate surface area is 129 Å². The smallest absolute Gasteiger partial charge is 0.0863 e. The molecule has 4 heteroatoms. The predicted octanol–water partition coefficient (Wildman–Crippen LogP) is 4.42. The Balaban J connectivity index is 2.81. The van der Waals surface area contributed by atoms with Crippen LogP contribution in [-0.2, 0) is 19.5 Å². The van der Waals surface area contributed by atoms with Crippen LogP contribution in [0.15, 0.2) is 0 Å². The van der Waals surface area contributed by atoms with Crippen molar-refractivity contribution < 1.29 is 0 Å². The molecule has 0 unspecified atom stereocenters. The Morgan fingerprint density at radius 3 is 2.20 bits per heavy atom. The van der Waals surface area contributed by atoms with Gasteiger partial charge in [-0.2, -0.15) is 5.10 Å². The fourth-order valence-electron chi connectivity index (χ4n) is 2.90. The van der Waals surface area contributed by atoms with Gasteiger partial charge >= 0.3 is 0 Å². The van der Waals surface area contributed by atoms with Crippen molar-refractivity contribution in [1.29, 1.82) is 0 Å². The van der Waals surface area contributed by atoms with Gasteiger partial charge in [0.2, 0.25) is 0 Å². The summed E-state index contributed by atoms with van der Waals surface area (Å²) >= 11 is 6.45. The van der Waals surface area contributed by atoms with E-state index in [4.69, 9.17) is 11.6 Å². The highest BCUT2D eigenvalue weighted by Gasteiger charge is 2.26. The Hall–Kier alpha value is -0.540. The van der Waals surface area contributed by atoms with Gasteiger partial charge in [-0.25, -0.2) is 0 Å². The monoisotopic (exact) mass is 299 g/mol. The largest absolute Gasteiger partial charge is 0.306 e. The van der Waals surface area contributed by atoms with Crippen molar-refractivity contribution >= 4 is 11.6 Å². The van der Waals surface area contributed by atoms with Gasteiger partial charge in [-0.3, -0.25) is 4.68 Å². The van der Waals surface area contributed by atoms with E-state index in [1.165, 1.54) is 0 Å². The van der Waals surface area contributed by atoms with Crippen LogP contribution in [0.2, 0.25) is 5.02 Å². The lowest BCUT2D eigenvalue weighted by molar-refractivity contribution is 0.239. The van der Waals surface area contributed by atoms with Crippen molar-refractivity contribution in [3.05, 3.63) is 16.4 Å². The molecule has 1 rings (SSSR count). The molecular weight excluding hydrogens is 270 g/mol. The van der Waals surface area contributed by atoms with Crippen LogP contribution in [0.1, 0.15) is 66.3 Å². The van der Waals surface area contributed by atoms with Gasteiger partial charge in [0.25, 0.3) is 0 Å². The molecule has 0 aromatic carbocycles. The average Bonchev–Trinajstić information content (AvgIpc) is 2.59. The third kappa shape index (κ3) is 4.78. The molecule has 0 radical (unpaired) electrons. The first-order valence-corrected chi connectivity index (χ1v) is 7.96. The first kappa shape index (κ1) is 17.5. The number of nitrogens with zero attached hydrogens (tertiary/aromatic N) is 2. The van der Waals surface area contributed by atoms with Crippen LogP contribution in [-0.4, -0.2) is 15.3 Å². The molecule has 0 saturated heterocycles. The number of hydrogen-bond acceptors (Lipinski definition) is 2. The van der Waals surface area contributed by atoms with Crippen molar-refractivity contribution in [3.63, 3.8) is 0 Å². The zero-order valence-electron chi connectivity index (χ0n) is 14.1. The summed E-state index contributed by atoms with van der Waals surface area (Å²) in [6.07, 6.45) is 1.99. The van der Waals surface area contributed by atoms with E-state index in [0.717, 1.165) is 42.3 Å². The molecule has 0 aliphatic carbocycles. The van der Waals surface area contributed by atoms with Crippen LogP contribution in [0.25, 0.3) is 0 Å². The maximum atomic E-state index is 6.45.